The molecule has 3 aromatic rings. The Morgan fingerprint density at radius 3 is 2.45 bits per heavy atom. The zero-order valence-corrected chi connectivity index (χ0v) is 12.4. The van der Waals surface area contributed by atoms with Gasteiger partial charge in [-0.3, -0.25) is 0 Å². The lowest BCUT2D eigenvalue weighted by Crippen LogP contribution is -2.13. The first-order valence-corrected chi connectivity index (χ1v) is 7.81. The lowest BCUT2D eigenvalue weighted by molar-refractivity contribution is 0.475. The fourth-order valence-corrected chi connectivity index (χ4v) is 3.13. The second kappa shape index (κ2) is 5.31. The summed E-state index contributed by atoms with van der Waals surface area (Å²) < 4.78 is 1.77. The molecule has 22 heavy (non-hydrogen) atoms. The lowest BCUT2D eigenvalue weighted by atomic mass is 10.1. The molecular weight excluding hydrogens is 296 g/mol. The summed E-state index contributed by atoms with van der Waals surface area (Å²) in [6, 6.07) is 17.0. The number of nitrogens with zero attached hydrogens (tertiary/aromatic N) is 4. The van der Waals surface area contributed by atoms with Crippen molar-refractivity contribution in [1.82, 2.24) is 14.9 Å². The summed E-state index contributed by atoms with van der Waals surface area (Å²) >= 11 is 1.62. The fourth-order valence-electron chi connectivity index (χ4n) is 2.29. The molecule has 0 atom stereocenters. The zero-order valence-electron chi connectivity index (χ0n) is 11.5. The van der Waals surface area contributed by atoms with E-state index in [4.69, 9.17) is 5.10 Å². The first-order chi connectivity index (χ1) is 10.8. The third-order valence-electron chi connectivity index (χ3n) is 3.40. The third-order valence-corrected chi connectivity index (χ3v) is 4.33. The second-order valence-electron chi connectivity index (χ2n) is 4.87. The highest BCUT2D eigenvalue weighted by molar-refractivity contribution is 7.99. The van der Waals surface area contributed by atoms with Crippen molar-refractivity contribution in [3.8, 4) is 17.1 Å². The minimum atomic E-state index is 0.227. The summed E-state index contributed by atoms with van der Waals surface area (Å²) in [5.74, 6) is 1.68. The van der Waals surface area contributed by atoms with Crippen LogP contribution in [0, 0.1) is 0 Å². The number of fused-ring (bicyclic) bond motifs is 1. The molecule has 108 valence electrons. The molecule has 0 bridgehead atoms. The summed E-state index contributed by atoms with van der Waals surface area (Å²) in [6.45, 7) is 0. The van der Waals surface area contributed by atoms with E-state index < -0.39 is 0 Å². The standard InChI is InChI=1S/C16H12N4OS/c21-13-8-6-12(7-9-13)15-17-18-16-20(15)19-14(10-22-16)11-4-2-1-3-5-11/h1-9,21H,10H2. The molecule has 0 amide bonds. The highest BCUT2D eigenvalue weighted by Crippen LogP contribution is 2.29. The van der Waals surface area contributed by atoms with Crippen LogP contribution in [-0.2, 0) is 0 Å². The Balaban J connectivity index is 1.80. The van der Waals surface area contributed by atoms with Gasteiger partial charge in [0.1, 0.15) is 5.75 Å². The normalized spacial score (nSPS) is 13.5. The lowest BCUT2D eigenvalue weighted by Gasteiger charge is -2.13. The van der Waals surface area contributed by atoms with Crippen LogP contribution in [0.4, 0.5) is 0 Å². The molecule has 0 spiro atoms. The number of phenolic OH excluding ortho intramolecular Hbond substituents is 1. The SMILES string of the molecule is Oc1ccc(-c2nnc3n2N=C(c2ccccc2)CS3)cc1. The van der Waals surface area contributed by atoms with Crippen LogP contribution in [0.2, 0.25) is 0 Å². The third kappa shape index (κ3) is 2.27. The molecule has 0 saturated carbocycles. The quantitative estimate of drug-likeness (QED) is 0.790. The number of hydrogen-bond acceptors (Lipinski definition) is 5. The van der Waals surface area contributed by atoms with Gasteiger partial charge >= 0.3 is 0 Å². The van der Waals surface area contributed by atoms with E-state index in [1.54, 1.807) is 28.6 Å². The summed E-state index contributed by atoms with van der Waals surface area (Å²) in [7, 11) is 0. The van der Waals surface area contributed by atoms with Crippen molar-refractivity contribution in [3.05, 3.63) is 60.2 Å². The van der Waals surface area contributed by atoms with Gasteiger partial charge in [-0.25, -0.2) is 0 Å². The molecule has 4 rings (SSSR count). The van der Waals surface area contributed by atoms with Crippen LogP contribution in [0.3, 0.4) is 0 Å². The average Bonchev–Trinajstić information content (AvgIpc) is 2.99. The van der Waals surface area contributed by atoms with Crippen molar-refractivity contribution in [2.24, 2.45) is 5.10 Å². The minimum Gasteiger partial charge on any atom is -0.508 e. The second-order valence-corrected chi connectivity index (χ2v) is 5.81. The Kier molecular flexibility index (Phi) is 3.16. The monoisotopic (exact) mass is 308 g/mol. The predicted octanol–water partition coefficient (Wildman–Crippen LogP) is 3.01. The molecular formula is C16H12N4OS. The van der Waals surface area contributed by atoms with Crippen molar-refractivity contribution >= 4 is 17.5 Å². The first-order valence-electron chi connectivity index (χ1n) is 6.82. The van der Waals surface area contributed by atoms with Gasteiger partial charge in [0, 0.05) is 11.3 Å². The van der Waals surface area contributed by atoms with Gasteiger partial charge in [-0.2, -0.15) is 9.78 Å². The van der Waals surface area contributed by atoms with Crippen molar-refractivity contribution < 1.29 is 5.11 Å². The molecule has 0 unspecified atom stereocenters. The first kappa shape index (κ1) is 13.1. The number of hydrogen-bond donors (Lipinski definition) is 1. The van der Waals surface area contributed by atoms with E-state index in [1.165, 1.54) is 0 Å². The Labute approximate surface area is 131 Å². The molecule has 0 radical (unpaired) electrons. The smallest absolute Gasteiger partial charge is 0.212 e. The molecule has 5 nitrogen and oxygen atoms in total. The minimum absolute atomic E-state index is 0.227. The number of benzene rings is 2. The van der Waals surface area contributed by atoms with Crippen LogP contribution in [0.5, 0.6) is 5.75 Å². The number of thioether (sulfide) groups is 1. The fraction of sp³-hybridized carbons (Fsp3) is 0.0625. The van der Waals surface area contributed by atoms with Crippen LogP contribution < -0.4 is 0 Å². The van der Waals surface area contributed by atoms with Crippen LogP contribution in [0.1, 0.15) is 5.56 Å². The van der Waals surface area contributed by atoms with Crippen molar-refractivity contribution in [2.75, 3.05) is 5.75 Å². The Morgan fingerprint density at radius 1 is 0.909 bits per heavy atom. The summed E-state index contributed by atoms with van der Waals surface area (Å²) in [4.78, 5) is 0. The number of aromatic nitrogens is 3. The van der Waals surface area contributed by atoms with Crippen LogP contribution in [0.15, 0.2) is 64.9 Å². The maximum Gasteiger partial charge on any atom is 0.212 e. The molecule has 2 aromatic carbocycles. The molecule has 1 aliphatic heterocycles. The van der Waals surface area contributed by atoms with Gasteiger partial charge in [0.15, 0.2) is 5.82 Å². The molecule has 1 aliphatic rings. The van der Waals surface area contributed by atoms with E-state index in [-0.39, 0.29) is 5.75 Å². The molecule has 2 heterocycles. The summed E-state index contributed by atoms with van der Waals surface area (Å²) in [5.41, 5.74) is 2.97. The summed E-state index contributed by atoms with van der Waals surface area (Å²) in [5, 5.41) is 23.3. The van der Waals surface area contributed by atoms with Gasteiger partial charge < -0.3 is 5.11 Å². The van der Waals surface area contributed by atoms with Gasteiger partial charge in [-0.1, -0.05) is 42.1 Å². The Bertz CT molecular complexity index is 840. The predicted molar refractivity (Wildman–Crippen MR) is 86.2 cm³/mol. The van der Waals surface area contributed by atoms with Crippen molar-refractivity contribution in [3.63, 3.8) is 0 Å². The number of phenols is 1. The Morgan fingerprint density at radius 2 is 1.68 bits per heavy atom. The topological polar surface area (TPSA) is 63.3 Å². The van der Waals surface area contributed by atoms with Gasteiger partial charge in [0.25, 0.3) is 0 Å². The maximum atomic E-state index is 9.41. The van der Waals surface area contributed by atoms with E-state index in [2.05, 4.69) is 22.3 Å². The van der Waals surface area contributed by atoms with Crippen LogP contribution in [-0.4, -0.2) is 31.4 Å². The molecule has 1 N–H and O–H groups in total. The van der Waals surface area contributed by atoms with Crippen LogP contribution >= 0.6 is 11.8 Å². The van der Waals surface area contributed by atoms with Gasteiger partial charge in [-0.05, 0) is 29.8 Å². The average molecular weight is 308 g/mol. The molecule has 0 aliphatic carbocycles. The molecule has 1 aromatic heterocycles. The van der Waals surface area contributed by atoms with Gasteiger partial charge in [0.2, 0.25) is 5.16 Å². The van der Waals surface area contributed by atoms with Crippen molar-refractivity contribution in [2.45, 2.75) is 5.16 Å². The van der Waals surface area contributed by atoms with Crippen molar-refractivity contribution in [1.29, 1.82) is 0 Å². The summed E-state index contributed by atoms with van der Waals surface area (Å²) in [6.07, 6.45) is 0. The zero-order chi connectivity index (χ0) is 14.9. The Hall–Kier alpha value is -2.60. The molecule has 6 heteroatoms. The number of rotatable bonds is 2. The highest BCUT2D eigenvalue weighted by Gasteiger charge is 2.20. The largest absolute Gasteiger partial charge is 0.508 e. The van der Waals surface area contributed by atoms with E-state index in [0.717, 1.165) is 27.7 Å². The van der Waals surface area contributed by atoms with Gasteiger partial charge in [-0.15, -0.1) is 10.2 Å². The maximum absolute atomic E-state index is 9.41. The van der Waals surface area contributed by atoms with E-state index in [0.29, 0.717) is 5.82 Å². The van der Waals surface area contributed by atoms with Gasteiger partial charge in [0.05, 0.1) is 5.71 Å². The molecule has 0 fully saturated rings. The van der Waals surface area contributed by atoms with E-state index in [9.17, 15) is 5.11 Å². The number of aromatic hydroxyl groups is 1. The van der Waals surface area contributed by atoms with E-state index >= 15 is 0 Å². The van der Waals surface area contributed by atoms with Crippen LogP contribution in [0.25, 0.3) is 11.4 Å². The van der Waals surface area contributed by atoms with E-state index in [1.807, 2.05) is 30.3 Å². The highest BCUT2D eigenvalue weighted by atomic mass is 32.2. The molecule has 0 saturated heterocycles.